The van der Waals surface area contributed by atoms with Gasteiger partial charge in [-0.05, 0) is 31.9 Å². The van der Waals surface area contributed by atoms with Crippen LogP contribution in [-0.2, 0) is 18.3 Å². The Bertz CT molecular complexity index is 1040. The van der Waals surface area contributed by atoms with E-state index in [0.717, 1.165) is 23.4 Å². The summed E-state index contributed by atoms with van der Waals surface area (Å²) >= 11 is 0. The summed E-state index contributed by atoms with van der Waals surface area (Å²) in [4.78, 5) is 2.18. The first-order valence-corrected chi connectivity index (χ1v) is 11.8. The van der Waals surface area contributed by atoms with E-state index in [-0.39, 0.29) is 18.5 Å². The Hall–Kier alpha value is -2.74. The monoisotopic (exact) mass is 469 g/mol. The molecule has 3 aromatic rings. The molecule has 3 rings (SSSR count). The Morgan fingerprint density at radius 2 is 1.68 bits per heavy atom. The van der Waals surface area contributed by atoms with Gasteiger partial charge in [-0.2, -0.15) is 5.10 Å². The predicted molar refractivity (Wildman–Crippen MR) is 132 cm³/mol. The van der Waals surface area contributed by atoms with Gasteiger partial charge in [-0.3, -0.25) is 4.90 Å². The number of ether oxygens (including phenoxy) is 2. The third-order valence-corrected chi connectivity index (χ3v) is 5.27. The SMILES string of the molecule is CC(C)CN(Cc1c(-c2ccccc2)nn(C)c1Oc1ccccc1F)CC(O)COC(C)C. The second-order valence-electron chi connectivity index (χ2n) is 9.28. The molecule has 6 nitrogen and oxygen atoms in total. The van der Waals surface area contributed by atoms with Crippen LogP contribution < -0.4 is 4.74 Å². The molecule has 1 atom stereocenters. The Kier molecular flexibility index (Phi) is 9.21. The van der Waals surface area contributed by atoms with E-state index in [1.54, 1.807) is 29.9 Å². The molecule has 0 saturated heterocycles. The average Bonchev–Trinajstić information content (AvgIpc) is 3.09. The van der Waals surface area contributed by atoms with Gasteiger partial charge in [0.1, 0.15) is 5.69 Å². The molecule has 0 aliphatic heterocycles. The first-order chi connectivity index (χ1) is 16.2. The van der Waals surface area contributed by atoms with Crippen LogP contribution in [0.2, 0.25) is 0 Å². The van der Waals surface area contributed by atoms with Crippen LogP contribution in [0.25, 0.3) is 11.3 Å². The zero-order valence-corrected chi connectivity index (χ0v) is 20.7. The number of aromatic nitrogens is 2. The van der Waals surface area contributed by atoms with Gasteiger partial charge < -0.3 is 14.6 Å². The minimum absolute atomic E-state index is 0.0528. The second-order valence-corrected chi connectivity index (χ2v) is 9.28. The van der Waals surface area contributed by atoms with Crippen LogP contribution in [0.3, 0.4) is 0 Å². The van der Waals surface area contributed by atoms with Gasteiger partial charge in [-0.25, -0.2) is 9.07 Å². The zero-order chi connectivity index (χ0) is 24.7. The fourth-order valence-electron chi connectivity index (χ4n) is 3.88. The highest BCUT2D eigenvalue weighted by Gasteiger charge is 2.24. The predicted octanol–water partition coefficient (Wildman–Crippen LogP) is 5.26. The molecule has 1 N–H and O–H groups in total. The van der Waals surface area contributed by atoms with Gasteiger partial charge in [0.2, 0.25) is 5.88 Å². The van der Waals surface area contributed by atoms with Crippen molar-refractivity contribution in [2.24, 2.45) is 13.0 Å². The van der Waals surface area contributed by atoms with Crippen molar-refractivity contribution in [3.8, 4) is 22.9 Å². The van der Waals surface area contributed by atoms with E-state index >= 15 is 0 Å². The molecule has 184 valence electrons. The summed E-state index contributed by atoms with van der Waals surface area (Å²) in [6, 6.07) is 16.2. The summed E-state index contributed by atoms with van der Waals surface area (Å²) < 4.78 is 27.7. The van der Waals surface area contributed by atoms with Crippen LogP contribution in [0, 0.1) is 11.7 Å². The van der Waals surface area contributed by atoms with Crippen molar-refractivity contribution in [2.75, 3.05) is 19.7 Å². The molecule has 1 aromatic heterocycles. The summed E-state index contributed by atoms with van der Waals surface area (Å²) in [6.45, 7) is 10.1. The number of aliphatic hydroxyl groups is 1. The topological polar surface area (TPSA) is 59.8 Å². The highest BCUT2D eigenvalue weighted by Crippen LogP contribution is 2.35. The number of aliphatic hydroxyl groups excluding tert-OH is 1. The third-order valence-electron chi connectivity index (χ3n) is 5.27. The molecule has 7 heteroatoms. The van der Waals surface area contributed by atoms with E-state index in [9.17, 15) is 9.50 Å². The number of aryl methyl sites for hydroxylation is 1. The summed E-state index contributed by atoms with van der Waals surface area (Å²) in [5, 5.41) is 15.4. The molecule has 0 radical (unpaired) electrons. The Labute approximate surface area is 201 Å². The van der Waals surface area contributed by atoms with Crippen LogP contribution in [0.15, 0.2) is 54.6 Å². The molecule has 0 spiro atoms. The lowest BCUT2D eigenvalue weighted by atomic mass is 10.1. The highest BCUT2D eigenvalue weighted by molar-refractivity contribution is 5.65. The van der Waals surface area contributed by atoms with Gasteiger partial charge in [0.05, 0.1) is 24.4 Å². The van der Waals surface area contributed by atoms with E-state index in [0.29, 0.717) is 24.9 Å². The van der Waals surface area contributed by atoms with Gasteiger partial charge in [0, 0.05) is 32.2 Å². The van der Waals surface area contributed by atoms with Crippen molar-refractivity contribution >= 4 is 0 Å². The summed E-state index contributed by atoms with van der Waals surface area (Å²) in [5.41, 5.74) is 2.57. The molecule has 1 heterocycles. The minimum Gasteiger partial charge on any atom is -0.436 e. The molecule has 2 aromatic carbocycles. The van der Waals surface area contributed by atoms with Crippen molar-refractivity contribution in [1.82, 2.24) is 14.7 Å². The normalized spacial score (nSPS) is 12.6. The molecular weight excluding hydrogens is 433 g/mol. The molecule has 0 saturated carbocycles. The van der Waals surface area contributed by atoms with Gasteiger partial charge in [-0.15, -0.1) is 0 Å². The lowest BCUT2D eigenvalue weighted by Gasteiger charge is -2.27. The van der Waals surface area contributed by atoms with Crippen molar-refractivity contribution < 1.29 is 19.0 Å². The number of rotatable bonds is 12. The Morgan fingerprint density at radius 3 is 2.32 bits per heavy atom. The molecule has 0 amide bonds. The number of benzene rings is 2. The summed E-state index contributed by atoms with van der Waals surface area (Å²) in [7, 11) is 1.80. The molecule has 0 aliphatic carbocycles. The number of nitrogens with zero attached hydrogens (tertiary/aromatic N) is 3. The van der Waals surface area contributed by atoms with Crippen molar-refractivity contribution in [1.29, 1.82) is 0 Å². The van der Waals surface area contributed by atoms with Gasteiger partial charge >= 0.3 is 0 Å². The first kappa shape index (κ1) is 25.9. The molecule has 34 heavy (non-hydrogen) atoms. The molecule has 0 bridgehead atoms. The maximum absolute atomic E-state index is 14.4. The van der Waals surface area contributed by atoms with Gasteiger partial charge in [0.25, 0.3) is 0 Å². The van der Waals surface area contributed by atoms with Crippen molar-refractivity contribution in [2.45, 2.75) is 46.4 Å². The highest BCUT2D eigenvalue weighted by atomic mass is 19.1. The zero-order valence-electron chi connectivity index (χ0n) is 20.7. The smallest absolute Gasteiger partial charge is 0.222 e. The molecule has 0 aliphatic rings. The van der Waals surface area contributed by atoms with Gasteiger partial charge in [0.15, 0.2) is 11.6 Å². The first-order valence-electron chi connectivity index (χ1n) is 11.8. The fourth-order valence-corrected chi connectivity index (χ4v) is 3.88. The fraction of sp³-hybridized carbons (Fsp3) is 0.444. The average molecular weight is 470 g/mol. The Morgan fingerprint density at radius 1 is 1.00 bits per heavy atom. The van der Waals surface area contributed by atoms with Crippen LogP contribution in [0.1, 0.15) is 33.3 Å². The standard InChI is InChI=1S/C27H36FN3O3/c1-19(2)15-31(16-22(32)18-33-20(3)4)17-23-26(21-11-7-6-8-12-21)29-30(5)27(23)34-25-14-10-9-13-24(25)28/h6-14,19-20,22,32H,15-18H2,1-5H3. The number of hydrogen-bond donors (Lipinski definition) is 1. The third kappa shape index (κ3) is 7.13. The number of hydrogen-bond acceptors (Lipinski definition) is 5. The second kappa shape index (κ2) is 12.1. The van der Waals surface area contributed by atoms with Crippen molar-refractivity contribution in [3.05, 3.63) is 66.0 Å². The Balaban J connectivity index is 1.97. The van der Waals surface area contributed by atoms with Crippen molar-refractivity contribution in [3.63, 3.8) is 0 Å². The minimum atomic E-state index is -0.631. The van der Waals surface area contributed by atoms with Gasteiger partial charge in [-0.1, -0.05) is 56.3 Å². The summed E-state index contributed by atoms with van der Waals surface area (Å²) in [5.74, 6) is 0.569. The number of halogens is 1. The van der Waals surface area contributed by atoms with E-state index in [4.69, 9.17) is 14.6 Å². The van der Waals surface area contributed by atoms with E-state index in [1.165, 1.54) is 6.07 Å². The van der Waals surface area contributed by atoms with Crippen LogP contribution in [0.5, 0.6) is 11.6 Å². The lowest BCUT2D eigenvalue weighted by molar-refractivity contribution is -0.0109. The maximum Gasteiger partial charge on any atom is 0.222 e. The van der Waals surface area contributed by atoms with Crippen LogP contribution in [0.4, 0.5) is 4.39 Å². The van der Waals surface area contributed by atoms with E-state index in [2.05, 4.69) is 18.7 Å². The van der Waals surface area contributed by atoms with Crippen LogP contribution in [-0.4, -0.2) is 51.7 Å². The largest absolute Gasteiger partial charge is 0.436 e. The molecule has 1 unspecified atom stereocenters. The molecular formula is C27H36FN3O3. The lowest BCUT2D eigenvalue weighted by Crippen LogP contribution is -2.37. The van der Waals surface area contributed by atoms with E-state index < -0.39 is 11.9 Å². The van der Waals surface area contributed by atoms with Crippen LogP contribution >= 0.6 is 0 Å². The summed E-state index contributed by atoms with van der Waals surface area (Å²) in [6.07, 6.45) is -0.578. The molecule has 0 fully saturated rings. The quantitative estimate of drug-likeness (QED) is 0.392. The van der Waals surface area contributed by atoms with E-state index in [1.807, 2.05) is 44.2 Å². The number of para-hydroxylation sites is 1. The maximum atomic E-state index is 14.4.